The fraction of sp³-hybridized carbons (Fsp3) is 1.00. The summed E-state index contributed by atoms with van der Waals surface area (Å²) >= 11 is 5.49. The summed E-state index contributed by atoms with van der Waals surface area (Å²) in [7, 11) is 0. The Balaban J connectivity index is 3.04. The quantitative estimate of drug-likeness (QED) is 0.489. The fourth-order valence-electron chi connectivity index (χ4n) is 0.829. The first kappa shape index (κ1) is 10.2. The third-order valence-corrected chi connectivity index (χ3v) is 1.69. The van der Waals surface area contributed by atoms with Crippen molar-refractivity contribution in [3.8, 4) is 0 Å². The summed E-state index contributed by atoms with van der Waals surface area (Å²) in [4.78, 5) is 0. The number of hydrogen-bond acceptors (Lipinski definition) is 1. The second-order valence-corrected chi connectivity index (χ2v) is 3.69. The third kappa shape index (κ3) is 8.25. The zero-order valence-corrected chi connectivity index (χ0v) is 7.62. The molecule has 0 saturated carbocycles. The minimum atomic E-state index is -0.494. The van der Waals surface area contributed by atoms with Crippen LogP contribution in [-0.4, -0.2) is 16.6 Å². The number of unbranched alkanes of at least 4 members (excludes halogenated alkanes) is 2. The van der Waals surface area contributed by atoms with E-state index in [0.717, 1.165) is 31.6 Å². The summed E-state index contributed by atoms with van der Waals surface area (Å²) < 4.78 is 0. The van der Waals surface area contributed by atoms with Gasteiger partial charge in [0.2, 0.25) is 0 Å². The van der Waals surface area contributed by atoms with E-state index in [4.69, 9.17) is 11.6 Å². The second kappa shape index (κ2) is 4.97. The van der Waals surface area contributed by atoms with Crippen LogP contribution in [0.3, 0.4) is 0 Å². The number of hydrogen-bond donors (Lipinski definition) is 1. The predicted octanol–water partition coefficient (Wildman–Crippen LogP) is 2.56. The number of rotatable bonds is 5. The number of alkyl halides is 1. The summed E-state index contributed by atoms with van der Waals surface area (Å²) in [6, 6.07) is 0. The van der Waals surface area contributed by atoms with Gasteiger partial charge in [0.25, 0.3) is 0 Å². The van der Waals surface area contributed by atoms with E-state index in [-0.39, 0.29) is 0 Å². The highest BCUT2D eigenvalue weighted by Gasteiger charge is 2.10. The largest absolute Gasteiger partial charge is 0.390 e. The van der Waals surface area contributed by atoms with Gasteiger partial charge in [-0.1, -0.05) is 12.8 Å². The van der Waals surface area contributed by atoms with Crippen molar-refractivity contribution in [3.05, 3.63) is 0 Å². The van der Waals surface area contributed by atoms with E-state index >= 15 is 0 Å². The minimum absolute atomic E-state index is 0.494. The van der Waals surface area contributed by atoms with Crippen molar-refractivity contribution in [3.63, 3.8) is 0 Å². The van der Waals surface area contributed by atoms with E-state index in [1.165, 1.54) is 0 Å². The first-order valence-corrected chi connectivity index (χ1v) is 4.38. The summed E-state index contributed by atoms with van der Waals surface area (Å²) in [6.07, 6.45) is 4.16. The van der Waals surface area contributed by atoms with E-state index in [0.29, 0.717) is 0 Å². The van der Waals surface area contributed by atoms with Crippen LogP contribution in [0, 0.1) is 0 Å². The van der Waals surface area contributed by atoms with Crippen molar-refractivity contribution in [1.82, 2.24) is 0 Å². The lowest BCUT2D eigenvalue weighted by Crippen LogP contribution is -2.17. The van der Waals surface area contributed by atoms with E-state index in [1.807, 2.05) is 13.8 Å². The smallest absolute Gasteiger partial charge is 0.0591 e. The van der Waals surface area contributed by atoms with Crippen LogP contribution in [0.5, 0.6) is 0 Å². The first-order valence-electron chi connectivity index (χ1n) is 3.84. The normalized spacial score (nSPS) is 12.0. The monoisotopic (exact) mass is 164 g/mol. The SMILES string of the molecule is CC(C)(O)CCCCCCl. The van der Waals surface area contributed by atoms with Gasteiger partial charge in [-0.2, -0.15) is 0 Å². The summed E-state index contributed by atoms with van der Waals surface area (Å²) in [5.41, 5.74) is -0.494. The van der Waals surface area contributed by atoms with Crippen molar-refractivity contribution in [1.29, 1.82) is 0 Å². The Hall–Kier alpha value is 0.250. The molecule has 62 valence electrons. The third-order valence-electron chi connectivity index (χ3n) is 1.42. The Morgan fingerprint density at radius 1 is 1.20 bits per heavy atom. The fourth-order valence-corrected chi connectivity index (χ4v) is 1.02. The van der Waals surface area contributed by atoms with E-state index in [1.54, 1.807) is 0 Å². The molecule has 2 heteroatoms. The van der Waals surface area contributed by atoms with Crippen molar-refractivity contribution in [2.24, 2.45) is 0 Å². The van der Waals surface area contributed by atoms with Gasteiger partial charge in [0.05, 0.1) is 5.60 Å². The van der Waals surface area contributed by atoms with Gasteiger partial charge in [-0.25, -0.2) is 0 Å². The zero-order valence-electron chi connectivity index (χ0n) is 6.86. The Morgan fingerprint density at radius 2 is 1.80 bits per heavy atom. The second-order valence-electron chi connectivity index (χ2n) is 3.31. The van der Waals surface area contributed by atoms with Gasteiger partial charge in [0, 0.05) is 5.88 Å². The van der Waals surface area contributed by atoms with Gasteiger partial charge in [0.1, 0.15) is 0 Å². The van der Waals surface area contributed by atoms with Crippen LogP contribution in [0.25, 0.3) is 0 Å². The first-order chi connectivity index (χ1) is 4.56. The summed E-state index contributed by atoms with van der Waals surface area (Å²) in [6.45, 7) is 3.68. The molecule has 0 radical (unpaired) electrons. The van der Waals surface area contributed by atoms with Gasteiger partial charge in [-0.3, -0.25) is 0 Å². The Kier molecular flexibility index (Phi) is 5.10. The maximum atomic E-state index is 9.28. The van der Waals surface area contributed by atoms with E-state index in [9.17, 15) is 5.11 Å². The molecule has 0 aromatic rings. The molecule has 0 aromatic heterocycles. The molecule has 0 aliphatic carbocycles. The van der Waals surface area contributed by atoms with Crippen LogP contribution < -0.4 is 0 Å². The predicted molar refractivity (Wildman–Crippen MR) is 45.5 cm³/mol. The molecule has 0 aliphatic heterocycles. The van der Waals surface area contributed by atoms with Gasteiger partial charge < -0.3 is 5.11 Å². The van der Waals surface area contributed by atoms with Crippen LogP contribution in [0.2, 0.25) is 0 Å². The molecular weight excluding hydrogens is 148 g/mol. The molecule has 0 fully saturated rings. The highest BCUT2D eigenvalue weighted by Crippen LogP contribution is 2.12. The number of aliphatic hydroxyl groups is 1. The molecule has 0 amide bonds. The van der Waals surface area contributed by atoms with Crippen molar-refractivity contribution in [2.45, 2.75) is 45.1 Å². The highest BCUT2D eigenvalue weighted by molar-refractivity contribution is 6.17. The minimum Gasteiger partial charge on any atom is -0.390 e. The highest BCUT2D eigenvalue weighted by atomic mass is 35.5. The van der Waals surface area contributed by atoms with Gasteiger partial charge >= 0.3 is 0 Å². The molecule has 0 unspecified atom stereocenters. The molecule has 0 atom stereocenters. The topological polar surface area (TPSA) is 20.2 Å². The van der Waals surface area contributed by atoms with Crippen LogP contribution >= 0.6 is 11.6 Å². The maximum absolute atomic E-state index is 9.28. The zero-order chi connectivity index (χ0) is 8.04. The molecule has 10 heavy (non-hydrogen) atoms. The lowest BCUT2D eigenvalue weighted by Gasteiger charge is -2.15. The molecule has 0 aliphatic rings. The van der Waals surface area contributed by atoms with E-state index in [2.05, 4.69) is 0 Å². The van der Waals surface area contributed by atoms with Crippen molar-refractivity contribution < 1.29 is 5.11 Å². The van der Waals surface area contributed by atoms with Crippen LogP contribution in [0.1, 0.15) is 39.5 Å². The number of halogens is 1. The van der Waals surface area contributed by atoms with Gasteiger partial charge in [0.15, 0.2) is 0 Å². The Labute approximate surface area is 68.4 Å². The molecular formula is C8H17ClO. The average Bonchev–Trinajstić information content (AvgIpc) is 1.78. The van der Waals surface area contributed by atoms with Crippen molar-refractivity contribution in [2.75, 3.05) is 5.88 Å². The molecule has 0 spiro atoms. The molecule has 0 bridgehead atoms. The average molecular weight is 165 g/mol. The molecule has 1 nitrogen and oxygen atoms in total. The summed E-state index contributed by atoms with van der Waals surface area (Å²) in [5, 5.41) is 9.28. The lowest BCUT2D eigenvalue weighted by atomic mass is 10.0. The van der Waals surface area contributed by atoms with Gasteiger partial charge in [-0.05, 0) is 26.7 Å². The van der Waals surface area contributed by atoms with Crippen LogP contribution in [0.15, 0.2) is 0 Å². The standard InChI is InChI=1S/C8H17ClO/c1-8(2,10)6-4-3-5-7-9/h10H,3-7H2,1-2H3. The van der Waals surface area contributed by atoms with Crippen LogP contribution in [-0.2, 0) is 0 Å². The van der Waals surface area contributed by atoms with Gasteiger partial charge in [-0.15, -0.1) is 11.6 Å². The van der Waals surface area contributed by atoms with E-state index < -0.39 is 5.60 Å². The molecule has 0 rings (SSSR count). The Morgan fingerprint density at radius 3 is 2.20 bits per heavy atom. The summed E-state index contributed by atoms with van der Waals surface area (Å²) in [5.74, 6) is 0.742. The molecule has 1 N–H and O–H groups in total. The molecule has 0 heterocycles. The maximum Gasteiger partial charge on any atom is 0.0591 e. The lowest BCUT2D eigenvalue weighted by molar-refractivity contribution is 0.0682. The molecule has 0 saturated heterocycles. The van der Waals surface area contributed by atoms with Crippen LogP contribution in [0.4, 0.5) is 0 Å². The Bertz CT molecular complexity index is 75.8. The molecule has 0 aromatic carbocycles. The van der Waals surface area contributed by atoms with Crippen molar-refractivity contribution >= 4 is 11.6 Å².